The summed E-state index contributed by atoms with van der Waals surface area (Å²) in [6, 6.07) is 9.89. The molecule has 0 saturated carbocycles. The fourth-order valence-corrected chi connectivity index (χ4v) is 2.88. The van der Waals surface area contributed by atoms with Gasteiger partial charge in [0.1, 0.15) is 0 Å². The lowest BCUT2D eigenvalue weighted by Crippen LogP contribution is -2.21. The second-order valence-corrected chi connectivity index (χ2v) is 5.59. The fourth-order valence-electron chi connectivity index (χ4n) is 2.05. The van der Waals surface area contributed by atoms with Gasteiger partial charge in [0.25, 0.3) is 0 Å². The van der Waals surface area contributed by atoms with Crippen LogP contribution in [0, 0.1) is 6.92 Å². The number of benzene rings is 1. The molecule has 19 heavy (non-hydrogen) atoms. The Balaban J connectivity index is 2.27. The van der Waals surface area contributed by atoms with Gasteiger partial charge < -0.3 is 10.0 Å². The zero-order chi connectivity index (χ0) is 14.0. The predicted molar refractivity (Wildman–Crippen MR) is 79.3 cm³/mol. The van der Waals surface area contributed by atoms with Crippen molar-refractivity contribution in [1.82, 2.24) is 0 Å². The Bertz CT molecular complexity index is 578. The highest BCUT2D eigenvalue weighted by molar-refractivity contribution is 7.10. The highest BCUT2D eigenvalue weighted by Gasteiger charge is 2.15. The van der Waals surface area contributed by atoms with Gasteiger partial charge in [0, 0.05) is 17.6 Å². The number of carboxylic acids is 1. The van der Waals surface area contributed by atoms with Crippen LogP contribution in [0.1, 0.15) is 33.8 Å². The number of carbonyl (C=O) groups is 1. The first-order chi connectivity index (χ1) is 9.00. The SMILES string of the molecule is Cc1cc(N(C)C(C)c2cccs2)ccc1C(=O)O. The van der Waals surface area contributed by atoms with Crippen molar-refractivity contribution in [2.45, 2.75) is 19.9 Å². The number of thiophene rings is 1. The number of nitrogens with zero attached hydrogens (tertiary/aromatic N) is 1. The van der Waals surface area contributed by atoms with Gasteiger partial charge in [0.2, 0.25) is 0 Å². The number of hydrogen-bond donors (Lipinski definition) is 1. The summed E-state index contributed by atoms with van der Waals surface area (Å²) < 4.78 is 0. The van der Waals surface area contributed by atoms with Gasteiger partial charge in [0.15, 0.2) is 0 Å². The minimum atomic E-state index is -0.877. The van der Waals surface area contributed by atoms with Crippen molar-refractivity contribution in [1.29, 1.82) is 0 Å². The molecular weight excluding hydrogens is 258 g/mol. The number of anilines is 1. The van der Waals surface area contributed by atoms with Crippen LogP contribution in [0.2, 0.25) is 0 Å². The van der Waals surface area contributed by atoms with Crippen LogP contribution in [0.5, 0.6) is 0 Å². The third-order valence-electron chi connectivity index (χ3n) is 3.38. The number of aryl methyl sites for hydroxylation is 1. The maximum Gasteiger partial charge on any atom is 0.335 e. The quantitative estimate of drug-likeness (QED) is 0.918. The summed E-state index contributed by atoms with van der Waals surface area (Å²) >= 11 is 1.73. The zero-order valence-electron chi connectivity index (χ0n) is 11.3. The van der Waals surface area contributed by atoms with Crippen LogP contribution >= 0.6 is 11.3 Å². The van der Waals surface area contributed by atoms with Crippen LogP contribution in [0.15, 0.2) is 35.7 Å². The summed E-state index contributed by atoms with van der Waals surface area (Å²) in [5.41, 5.74) is 2.18. The predicted octanol–water partition coefficient (Wildman–Crippen LogP) is 3.95. The first-order valence-electron chi connectivity index (χ1n) is 6.11. The summed E-state index contributed by atoms with van der Waals surface area (Å²) in [5.74, 6) is -0.877. The van der Waals surface area contributed by atoms with Gasteiger partial charge in [-0.3, -0.25) is 0 Å². The maximum absolute atomic E-state index is 11.0. The van der Waals surface area contributed by atoms with E-state index in [-0.39, 0.29) is 6.04 Å². The van der Waals surface area contributed by atoms with Gasteiger partial charge in [0.05, 0.1) is 11.6 Å². The molecule has 0 fully saturated rings. The molecule has 0 aliphatic rings. The van der Waals surface area contributed by atoms with Crippen LogP contribution in [0.4, 0.5) is 5.69 Å². The molecule has 0 bridgehead atoms. The molecule has 1 aromatic heterocycles. The molecule has 1 unspecified atom stereocenters. The Morgan fingerprint density at radius 3 is 2.63 bits per heavy atom. The van der Waals surface area contributed by atoms with Gasteiger partial charge >= 0.3 is 5.97 Å². The van der Waals surface area contributed by atoms with E-state index in [1.165, 1.54) is 4.88 Å². The van der Waals surface area contributed by atoms with E-state index in [0.29, 0.717) is 5.56 Å². The van der Waals surface area contributed by atoms with Crippen LogP contribution in [-0.2, 0) is 0 Å². The average molecular weight is 275 g/mol. The number of aromatic carboxylic acids is 1. The molecule has 2 aromatic rings. The topological polar surface area (TPSA) is 40.5 Å². The van der Waals surface area contributed by atoms with Gasteiger partial charge in [-0.1, -0.05) is 6.07 Å². The maximum atomic E-state index is 11.0. The van der Waals surface area contributed by atoms with Gasteiger partial charge in [-0.05, 0) is 49.1 Å². The highest BCUT2D eigenvalue weighted by Crippen LogP contribution is 2.29. The van der Waals surface area contributed by atoms with E-state index >= 15 is 0 Å². The third-order valence-corrected chi connectivity index (χ3v) is 4.43. The summed E-state index contributed by atoms with van der Waals surface area (Å²) in [4.78, 5) is 14.5. The Morgan fingerprint density at radius 1 is 1.37 bits per heavy atom. The van der Waals surface area contributed by atoms with Gasteiger partial charge in [-0.15, -0.1) is 11.3 Å². The van der Waals surface area contributed by atoms with Gasteiger partial charge in [-0.2, -0.15) is 0 Å². The molecule has 0 radical (unpaired) electrons. The largest absolute Gasteiger partial charge is 0.478 e. The second-order valence-electron chi connectivity index (χ2n) is 4.61. The molecule has 100 valence electrons. The van der Waals surface area contributed by atoms with Crippen molar-refractivity contribution < 1.29 is 9.90 Å². The average Bonchev–Trinajstić information content (AvgIpc) is 2.90. The molecule has 1 heterocycles. The van der Waals surface area contributed by atoms with E-state index in [2.05, 4.69) is 23.3 Å². The molecule has 4 heteroatoms. The van der Waals surface area contributed by atoms with E-state index in [4.69, 9.17) is 5.11 Å². The lowest BCUT2D eigenvalue weighted by atomic mass is 10.1. The molecule has 2 rings (SSSR count). The van der Waals surface area contributed by atoms with Crippen molar-refractivity contribution in [3.05, 3.63) is 51.7 Å². The first kappa shape index (κ1) is 13.6. The van der Waals surface area contributed by atoms with Crippen LogP contribution in [0.3, 0.4) is 0 Å². The van der Waals surface area contributed by atoms with Crippen molar-refractivity contribution >= 4 is 23.0 Å². The lowest BCUT2D eigenvalue weighted by Gasteiger charge is -2.26. The summed E-state index contributed by atoms with van der Waals surface area (Å²) in [6.07, 6.45) is 0. The molecule has 1 N–H and O–H groups in total. The minimum absolute atomic E-state index is 0.273. The molecule has 3 nitrogen and oxygen atoms in total. The number of hydrogen-bond acceptors (Lipinski definition) is 3. The Morgan fingerprint density at radius 2 is 2.11 bits per heavy atom. The van der Waals surface area contributed by atoms with E-state index in [9.17, 15) is 4.79 Å². The Hall–Kier alpha value is -1.81. The van der Waals surface area contributed by atoms with Crippen molar-refractivity contribution in [2.75, 3.05) is 11.9 Å². The molecule has 0 amide bonds. The van der Waals surface area contributed by atoms with E-state index in [0.717, 1.165) is 11.3 Å². The normalized spacial score (nSPS) is 12.2. The fraction of sp³-hybridized carbons (Fsp3) is 0.267. The van der Waals surface area contributed by atoms with Crippen LogP contribution in [0.25, 0.3) is 0 Å². The monoisotopic (exact) mass is 275 g/mol. The zero-order valence-corrected chi connectivity index (χ0v) is 12.1. The minimum Gasteiger partial charge on any atom is -0.478 e. The second kappa shape index (κ2) is 5.45. The lowest BCUT2D eigenvalue weighted by molar-refractivity contribution is 0.0696. The Kier molecular flexibility index (Phi) is 3.90. The molecule has 1 aromatic carbocycles. The molecule has 1 atom stereocenters. The number of rotatable bonds is 4. The molecular formula is C15H17NO2S. The standard InChI is InChI=1S/C15H17NO2S/c1-10-9-12(6-7-13(10)15(17)18)16(3)11(2)14-5-4-8-19-14/h4-9,11H,1-3H3,(H,17,18). The van der Waals surface area contributed by atoms with Gasteiger partial charge in [-0.25, -0.2) is 4.79 Å². The van der Waals surface area contributed by atoms with Crippen molar-refractivity contribution in [3.63, 3.8) is 0 Å². The van der Waals surface area contributed by atoms with E-state index in [1.807, 2.05) is 32.2 Å². The first-order valence-corrected chi connectivity index (χ1v) is 6.99. The summed E-state index contributed by atoms with van der Waals surface area (Å²) in [6.45, 7) is 3.98. The molecule has 0 spiro atoms. The molecule has 0 aliphatic heterocycles. The Labute approximate surface area is 117 Å². The third kappa shape index (κ3) is 2.79. The van der Waals surface area contributed by atoms with Crippen molar-refractivity contribution in [3.8, 4) is 0 Å². The van der Waals surface area contributed by atoms with Crippen LogP contribution < -0.4 is 4.90 Å². The molecule has 0 saturated heterocycles. The summed E-state index contributed by atoms with van der Waals surface area (Å²) in [7, 11) is 2.03. The van der Waals surface area contributed by atoms with E-state index in [1.54, 1.807) is 17.4 Å². The van der Waals surface area contributed by atoms with E-state index < -0.39 is 5.97 Å². The number of carboxylic acid groups (broad SMARTS) is 1. The van der Waals surface area contributed by atoms with Crippen LogP contribution in [-0.4, -0.2) is 18.1 Å². The highest BCUT2D eigenvalue weighted by atomic mass is 32.1. The molecule has 0 aliphatic carbocycles. The smallest absolute Gasteiger partial charge is 0.335 e. The summed E-state index contributed by atoms with van der Waals surface area (Å²) in [5, 5.41) is 11.1. The van der Waals surface area contributed by atoms with Crippen molar-refractivity contribution in [2.24, 2.45) is 0 Å².